The van der Waals surface area contributed by atoms with Gasteiger partial charge in [-0.05, 0) is 109 Å². The van der Waals surface area contributed by atoms with Crippen molar-refractivity contribution >= 4 is 123 Å². The molecule has 4 amide bonds. The van der Waals surface area contributed by atoms with Crippen LogP contribution in [0.2, 0.25) is 0 Å². The van der Waals surface area contributed by atoms with Crippen molar-refractivity contribution in [3.63, 3.8) is 0 Å². The number of carbonyl (C=O) groups excluding carboxylic acids is 8. The van der Waals surface area contributed by atoms with Crippen LogP contribution in [0.1, 0.15) is 167 Å². The molecule has 0 spiro atoms. The number of nitrogens with one attached hydrogen (secondary N) is 4. The summed E-state index contributed by atoms with van der Waals surface area (Å²) in [7, 11) is 0. The number of carboxylic acids is 1. The predicted octanol–water partition coefficient (Wildman–Crippen LogP) is 9.87. The monoisotopic (exact) mass is 1250 g/mol. The molecule has 6 atom stereocenters. The smallest absolute Gasteiger partial charge is 0.325 e. The molecule has 0 aliphatic carbocycles. The second kappa shape index (κ2) is 35.6. The van der Waals surface area contributed by atoms with Crippen molar-refractivity contribution in [2.75, 3.05) is 26.3 Å². The maximum absolute atomic E-state index is 13.0. The first-order valence-electron chi connectivity index (χ1n) is 26.9. The van der Waals surface area contributed by atoms with E-state index in [1.165, 1.54) is 16.9 Å². The fraction of sp³-hybridized carbons (Fsp3) is 0.764. The third kappa shape index (κ3) is 33.6. The number of rotatable bonds is 26. The second-order valence-corrected chi connectivity index (χ2v) is 28.5. The summed E-state index contributed by atoms with van der Waals surface area (Å²) in [5.74, 6) is -5.49. The summed E-state index contributed by atoms with van der Waals surface area (Å²) in [5.41, 5.74) is 5.04. The van der Waals surface area contributed by atoms with Gasteiger partial charge in [0.25, 0.3) is 11.8 Å². The zero-order chi connectivity index (χ0) is 62.1. The summed E-state index contributed by atoms with van der Waals surface area (Å²) in [4.78, 5) is 111. The Morgan fingerprint density at radius 3 is 1.30 bits per heavy atom. The van der Waals surface area contributed by atoms with E-state index in [4.69, 9.17) is 88.9 Å². The molecule has 2 heterocycles. The minimum atomic E-state index is -1.73. The molecule has 2 saturated heterocycles. The Hall–Kier alpha value is -3.43. The summed E-state index contributed by atoms with van der Waals surface area (Å²) >= 11 is 33.6. The van der Waals surface area contributed by atoms with Crippen molar-refractivity contribution in [2.45, 2.75) is 204 Å². The van der Waals surface area contributed by atoms with Crippen LogP contribution in [0, 0.1) is 34.5 Å². The van der Waals surface area contributed by atoms with E-state index in [1.54, 1.807) is 27.7 Å². The van der Waals surface area contributed by atoms with E-state index in [9.17, 15) is 43.2 Å². The van der Waals surface area contributed by atoms with Crippen LogP contribution in [-0.4, -0.2) is 132 Å². The zero-order valence-electron chi connectivity index (χ0n) is 49.0. The Kier molecular flexibility index (Phi) is 34.1. The second-order valence-electron chi connectivity index (χ2n) is 23.5. The standard InChI is InChI=1S/C25H40Cl3N3O5.C21H34Cl3N3O6.C9H16O2/c1-7-11-24(5,6)12-10-18(32)14-19(16(2)3)21(33)29-17(4)22(34)31-13-8-9-20(30-31)23(35)36-15-25(26,27)28;1-12(2)14(10-16(28)33-20(4,5)6)17(29)25-13(3)18(30)27-9-7-8-15(26-27)19(31)32-11-21(22,23)24;1-4-6-9(2,3)7-5-8(10)11/h7,16-17,19-20,30H,1,8-15H2,2-6H3,(H,29,33);12-15,26H,7-11H2,1-6H3,(H,25,29);4H,1,5-7H2,2-3H3,(H,10,11)/t17-,19-,20-;13-,14-,15-;/m00./s1. The summed E-state index contributed by atoms with van der Waals surface area (Å²) < 4.78 is 11.8. The molecule has 19 nitrogen and oxygen atoms in total. The van der Waals surface area contributed by atoms with Crippen LogP contribution in [0.5, 0.6) is 0 Å². The summed E-state index contributed by atoms with van der Waals surface area (Å²) in [6, 6.07) is -3.30. The fourth-order valence-electron chi connectivity index (χ4n) is 8.05. The molecular weight excluding hydrogens is 1170 g/mol. The number of ether oxygens (including phenoxy) is 3. The van der Waals surface area contributed by atoms with Gasteiger partial charge in [0.1, 0.15) is 48.8 Å². The molecule has 0 unspecified atom stereocenters. The molecule has 2 aliphatic heterocycles. The van der Waals surface area contributed by atoms with Crippen molar-refractivity contribution in [2.24, 2.45) is 34.5 Å². The number of alkyl halides is 6. The van der Waals surface area contributed by atoms with Crippen molar-refractivity contribution in [1.82, 2.24) is 31.5 Å². The molecule has 0 aromatic carbocycles. The van der Waals surface area contributed by atoms with E-state index >= 15 is 0 Å². The quantitative estimate of drug-likeness (QED) is 0.0234. The minimum Gasteiger partial charge on any atom is -0.481 e. The molecule has 25 heteroatoms. The Balaban J connectivity index is 0.00000132. The van der Waals surface area contributed by atoms with Crippen LogP contribution in [0.25, 0.3) is 0 Å². The van der Waals surface area contributed by atoms with E-state index in [1.807, 2.05) is 39.8 Å². The van der Waals surface area contributed by atoms with Crippen molar-refractivity contribution in [1.29, 1.82) is 0 Å². The third-order valence-electron chi connectivity index (χ3n) is 12.7. The van der Waals surface area contributed by atoms with Gasteiger partial charge in [0.2, 0.25) is 19.4 Å². The van der Waals surface area contributed by atoms with Gasteiger partial charge in [-0.25, -0.2) is 10.9 Å². The Morgan fingerprint density at radius 2 is 0.975 bits per heavy atom. The molecule has 0 aromatic rings. The Morgan fingerprint density at radius 1 is 0.613 bits per heavy atom. The molecule has 0 radical (unpaired) electrons. The average molecular weight is 1260 g/mol. The number of ketones is 1. The Labute approximate surface area is 504 Å². The molecule has 2 rings (SSSR count). The first-order valence-corrected chi connectivity index (χ1v) is 29.2. The number of amides is 4. The number of hydrazine groups is 2. The first-order chi connectivity index (χ1) is 36.5. The summed E-state index contributed by atoms with van der Waals surface area (Å²) in [5, 5.41) is 16.4. The van der Waals surface area contributed by atoms with Gasteiger partial charge in [0, 0.05) is 38.3 Å². The fourth-order valence-corrected chi connectivity index (χ4v) is 8.38. The largest absolute Gasteiger partial charge is 0.481 e. The number of carboxylic acid groups (broad SMARTS) is 1. The van der Waals surface area contributed by atoms with Crippen LogP contribution in [0.4, 0.5) is 0 Å². The van der Waals surface area contributed by atoms with Gasteiger partial charge in [-0.2, -0.15) is 0 Å². The van der Waals surface area contributed by atoms with E-state index in [0.717, 1.165) is 12.8 Å². The number of carbonyl (C=O) groups is 9. The lowest BCUT2D eigenvalue weighted by Crippen LogP contribution is -2.60. The molecule has 80 heavy (non-hydrogen) atoms. The Bertz CT molecular complexity index is 2080. The van der Waals surface area contributed by atoms with Crippen LogP contribution in [-0.2, 0) is 57.4 Å². The number of hydrogen-bond donors (Lipinski definition) is 5. The van der Waals surface area contributed by atoms with Gasteiger partial charge < -0.3 is 30.0 Å². The highest BCUT2D eigenvalue weighted by molar-refractivity contribution is 6.68. The number of halogens is 6. The van der Waals surface area contributed by atoms with Gasteiger partial charge in [-0.3, -0.25) is 53.2 Å². The van der Waals surface area contributed by atoms with Gasteiger partial charge in [0.05, 0.1) is 12.3 Å². The van der Waals surface area contributed by atoms with Gasteiger partial charge in [0.15, 0.2) is 0 Å². The lowest BCUT2D eigenvalue weighted by Gasteiger charge is -2.34. The molecule has 0 saturated carbocycles. The molecule has 2 fully saturated rings. The van der Waals surface area contributed by atoms with Crippen LogP contribution in [0.15, 0.2) is 25.3 Å². The molecule has 0 bridgehead atoms. The normalized spacial score (nSPS) is 17.6. The van der Waals surface area contributed by atoms with Gasteiger partial charge >= 0.3 is 23.9 Å². The highest BCUT2D eigenvalue weighted by atomic mass is 35.6. The summed E-state index contributed by atoms with van der Waals surface area (Å²) in [6.07, 6.45) is 9.44. The van der Waals surface area contributed by atoms with E-state index in [2.05, 4.69) is 62.3 Å². The first kappa shape index (κ1) is 76.6. The zero-order valence-corrected chi connectivity index (χ0v) is 53.5. The number of aliphatic carboxylic acids is 1. The molecular formula is C55H90Cl6N6O13. The van der Waals surface area contributed by atoms with Gasteiger partial charge in [-0.15, -0.1) is 13.2 Å². The average Bonchev–Trinajstić information content (AvgIpc) is 3.33. The molecule has 0 aromatic heterocycles. The van der Waals surface area contributed by atoms with E-state index in [0.29, 0.717) is 58.0 Å². The van der Waals surface area contributed by atoms with Crippen molar-refractivity contribution in [3.05, 3.63) is 25.3 Å². The predicted molar refractivity (Wildman–Crippen MR) is 313 cm³/mol. The van der Waals surface area contributed by atoms with Crippen LogP contribution in [0.3, 0.4) is 0 Å². The summed E-state index contributed by atoms with van der Waals surface area (Å²) in [6.45, 7) is 31.3. The van der Waals surface area contributed by atoms with Gasteiger partial charge in [-0.1, -0.05) is 137 Å². The lowest BCUT2D eigenvalue weighted by molar-refractivity contribution is -0.158. The SMILES string of the molecule is C=CCC(C)(C)CCC(=O)C[C@H](C(=O)N[C@@H](C)C(=O)N1CCC[C@@H](C(=O)OCC(Cl)(Cl)Cl)N1)C(C)C.C=CCC(C)(C)CCC(=O)O.CC(C)[C@H](CC(=O)OC(C)(C)C)C(=O)N[C@@H](C)C(=O)N1CCC[C@@H](C(=O)OCC(Cl)(Cl)Cl)N1. The maximum atomic E-state index is 13.0. The highest BCUT2D eigenvalue weighted by Crippen LogP contribution is 2.30. The number of Topliss-reactive ketones (excluding diaryl/α,β-unsaturated/α-hetero) is 1. The topological polar surface area (TPSA) is 256 Å². The number of hydrogen-bond acceptors (Lipinski definition) is 14. The third-order valence-corrected chi connectivity index (χ3v) is 13.4. The van der Waals surface area contributed by atoms with Crippen LogP contribution < -0.4 is 21.5 Å². The maximum Gasteiger partial charge on any atom is 0.325 e. The van der Waals surface area contributed by atoms with E-state index in [-0.39, 0.29) is 53.6 Å². The van der Waals surface area contributed by atoms with E-state index < -0.39 is 104 Å². The van der Waals surface area contributed by atoms with Crippen LogP contribution >= 0.6 is 69.6 Å². The highest BCUT2D eigenvalue weighted by Gasteiger charge is 2.37. The number of esters is 3. The number of nitrogens with zero attached hydrogens (tertiary/aromatic N) is 2. The molecule has 5 N–H and O–H groups in total. The minimum absolute atomic E-state index is 0.0221. The van der Waals surface area contributed by atoms with Crippen molar-refractivity contribution in [3.8, 4) is 0 Å². The molecule has 2 aliphatic rings. The molecule has 460 valence electrons. The lowest BCUT2D eigenvalue weighted by atomic mass is 9.82. The number of allylic oxidation sites excluding steroid dienone is 2. The van der Waals surface area contributed by atoms with Crippen molar-refractivity contribution < 1.29 is 62.5 Å².